The first kappa shape index (κ1) is 17.0. The van der Waals surface area contributed by atoms with Crippen LogP contribution in [0.4, 0.5) is 0 Å². The van der Waals surface area contributed by atoms with Crippen molar-refractivity contribution in [3.63, 3.8) is 0 Å². The van der Waals surface area contributed by atoms with Gasteiger partial charge in [0.05, 0.1) is 24.5 Å². The minimum Gasteiger partial charge on any atom is -0.497 e. The van der Waals surface area contributed by atoms with Gasteiger partial charge >= 0.3 is 0 Å². The van der Waals surface area contributed by atoms with Crippen LogP contribution in [0.25, 0.3) is 0 Å². The first-order valence-electron chi connectivity index (χ1n) is 7.23. The van der Waals surface area contributed by atoms with E-state index in [2.05, 4.69) is 10.5 Å². The number of hydrazone groups is 1. The standard InChI is InChI=1S/C18H17N3O3/c1-13(15-4-3-5-17(10-15)23-2)20-21-18(22)12-24-16-8-6-14(11-19)7-9-16/h3-10H,12H2,1-2H3,(H,21,22)/b20-13+. The lowest BCUT2D eigenvalue weighted by molar-refractivity contribution is -0.123. The molecule has 1 N–H and O–H groups in total. The molecule has 2 aromatic rings. The van der Waals surface area contributed by atoms with Crippen molar-refractivity contribution in [3.05, 3.63) is 59.7 Å². The Balaban J connectivity index is 1.88. The summed E-state index contributed by atoms with van der Waals surface area (Å²) in [6.07, 6.45) is 0. The van der Waals surface area contributed by atoms with Crippen molar-refractivity contribution in [2.24, 2.45) is 5.10 Å². The zero-order valence-electron chi connectivity index (χ0n) is 13.4. The number of carbonyl (C=O) groups is 1. The van der Waals surface area contributed by atoms with E-state index in [1.54, 1.807) is 38.3 Å². The Bertz CT molecular complexity index is 777. The maximum atomic E-state index is 11.8. The van der Waals surface area contributed by atoms with Crippen LogP contribution >= 0.6 is 0 Å². The summed E-state index contributed by atoms with van der Waals surface area (Å²) in [5.41, 5.74) is 4.48. The number of carbonyl (C=O) groups excluding carboxylic acids is 1. The third-order valence-electron chi connectivity index (χ3n) is 3.19. The Kier molecular flexibility index (Phi) is 5.92. The Labute approximate surface area is 140 Å². The maximum Gasteiger partial charge on any atom is 0.277 e. The highest BCUT2D eigenvalue weighted by Crippen LogP contribution is 2.13. The Morgan fingerprint density at radius 2 is 1.96 bits per heavy atom. The fourth-order valence-corrected chi connectivity index (χ4v) is 1.87. The van der Waals surface area contributed by atoms with Crippen LogP contribution < -0.4 is 14.9 Å². The van der Waals surface area contributed by atoms with Gasteiger partial charge in [-0.25, -0.2) is 5.43 Å². The Morgan fingerprint density at radius 1 is 1.21 bits per heavy atom. The molecule has 0 bridgehead atoms. The zero-order chi connectivity index (χ0) is 17.4. The number of benzene rings is 2. The molecule has 0 aliphatic rings. The summed E-state index contributed by atoms with van der Waals surface area (Å²) in [5.74, 6) is 0.858. The molecule has 0 heterocycles. The van der Waals surface area contributed by atoms with Crippen molar-refractivity contribution < 1.29 is 14.3 Å². The van der Waals surface area contributed by atoms with Crippen molar-refractivity contribution >= 4 is 11.6 Å². The lowest BCUT2D eigenvalue weighted by Crippen LogP contribution is -2.25. The quantitative estimate of drug-likeness (QED) is 0.654. The third kappa shape index (κ3) is 4.85. The van der Waals surface area contributed by atoms with Gasteiger partial charge in [0.25, 0.3) is 5.91 Å². The summed E-state index contributed by atoms with van der Waals surface area (Å²) in [6.45, 7) is 1.62. The van der Waals surface area contributed by atoms with Gasteiger partial charge in [0.1, 0.15) is 11.5 Å². The topological polar surface area (TPSA) is 83.7 Å². The Hall–Kier alpha value is -3.33. The second-order valence-electron chi connectivity index (χ2n) is 4.89. The number of ether oxygens (including phenoxy) is 2. The fraction of sp³-hybridized carbons (Fsp3) is 0.167. The van der Waals surface area contributed by atoms with E-state index in [0.29, 0.717) is 17.0 Å². The van der Waals surface area contributed by atoms with Crippen molar-refractivity contribution in [2.45, 2.75) is 6.92 Å². The first-order chi connectivity index (χ1) is 11.6. The van der Waals surface area contributed by atoms with Gasteiger partial charge in [-0.05, 0) is 43.3 Å². The number of nitrogens with zero attached hydrogens (tertiary/aromatic N) is 2. The van der Waals surface area contributed by atoms with Crippen LogP contribution in [0, 0.1) is 11.3 Å². The molecule has 0 atom stereocenters. The summed E-state index contributed by atoms with van der Waals surface area (Å²) >= 11 is 0. The number of amides is 1. The average Bonchev–Trinajstić information content (AvgIpc) is 2.64. The molecule has 0 unspecified atom stereocenters. The molecule has 1 amide bonds. The molecule has 0 aliphatic carbocycles. The summed E-state index contributed by atoms with van der Waals surface area (Å²) < 4.78 is 10.5. The fourth-order valence-electron chi connectivity index (χ4n) is 1.87. The van der Waals surface area contributed by atoms with E-state index in [-0.39, 0.29) is 12.5 Å². The average molecular weight is 323 g/mol. The third-order valence-corrected chi connectivity index (χ3v) is 3.19. The number of nitriles is 1. The second kappa shape index (κ2) is 8.34. The minimum atomic E-state index is -0.374. The second-order valence-corrected chi connectivity index (χ2v) is 4.89. The molecular weight excluding hydrogens is 306 g/mol. The molecule has 0 radical (unpaired) electrons. The van der Waals surface area contributed by atoms with Crippen molar-refractivity contribution in [1.82, 2.24) is 5.43 Å². The molecule has 6 nitrogen and oxygen atoms in total. The number of methoxy groups -OCH3 is 1. The van der Waals surface area contributed by atoms with E-state index in [9.17, 15) is 4.79 Å². The molecular formula is C18H17N3O3. The monoisotopic (exact) mass is 323 g/mol. The first-order valence-corrected chi connectivity index (χ1v) is 7.23. The highest BCUT2D eigenvalue weighted by atomic mass is 16.5. The molecule has 0 aromatic heterocycles. The molecule has 24 heavy (non-hydrogen) atoms. The lowest BCUT2D eigenvalue weighted by atomic mass is 10.1. The van der Waals surface area contributed by atoms with Gasteiger partial charge in [0.15, 0.2) is 6.61 Å². The van der Waals surface area contributed by atoms with Crippen LogP contribution in [0.5, 0.6) is 11.5 Å². The normalized spacial score (nSPS) is 10.6. The minimum absolute atomic E-state index is 0.166. The molecule has 6 heteroatoms. The van der Waals surface area contributed by atoms with E-state index in [0.717, 1.165) is 11.3 Å². The Morgan fingerprint density at radius 3 is 2.62 bits per heavy atom. The predicted molar refractivity (Wildman–Crippen MR) is 90.0 cm³/mol. The molecule has 0 fully saturated rings. The number of hydrogen-bond acceptors (Lipinski definition) is 5. The summed E-state index contributed by atoms with van der Waals surface area (Å²) in [4.78, 5) is 11.8. The smallest absolute Gasteiger partial charge is 0.277 e. The molecule has 0 spiro atoms. The summed E-state index contributed by atoms with van der Waals surface area (Å²) in [6, 6.07) is 15.9. The van der Waals surface area contributed by atoms with Crippen molar-refractivity contribution in [3.8, 4) is 17.6 Å². The van der Waals surface area contributed by atoms with Crippen LogP contribution in [-0.2, 0) is 4.79 Å². The lowest BCUT2D eigenvalue weighted by Gasteiger charge is -2.06. The van der Waals surface area contributed by atoms with Crippen LogP contribution in [0.1, 0.15) is 18.1 Å². The zero-order valence-corrected chi connectivity index (χ0v) is 13.4. The largest absolute Gasteiger partial charge is 0.497 e. The van der Waals surface area contributed by atoms with Gasteiger partial charge in [-0.15, -0.1) is 0 Å². The van der Waals surface area contributed by atoms with Gasteiger partial charge in [-0.2, -0.15) is 10.4 Å². The molecule has 2 rings (SSSR count). The highest BCUT2D eigenvalue weighted by molar-refractivity contribution is 5.99. The van der Waals surface area contributed by atoms with Crippen molar-refractivity contribution in [2.75, 3.05) is 13.7 Å². The van der Waals surface area contributed by atoms with Gasteiger partial charge in [0, 0.05) is 5.56 Å². The van der Waals surface area contributed by atoms with Crippen LogP contribution in [-0.4, -0.2) is 25.3 Å². The molecule has 122 valence electrons. The number of hydrogen-bond donors (Lipinski definition) is 1. The number of rotatable bonds is 6. The van der Waals surface area contributed by atoms with E-state index >= 15 is 0 Å². The van der Waals surface area contributed by atoms with Gasteiger partial charge in [-0.3, -0.25) is 4.79 Å². The molecule has 2 aromatic carbocycles. The van der Waals surface area contributed by atoms with Crippen LogP contribution in [0.15, 0.2) is 53.6 Å². The van der Waals surface area contributed by atoms with Crippen LogP contribution in [0.2, 0.25) is 0 Å². The van der Waals surface area contributed by atoms with E-state index < -0.39 is 0 Å². The molecule has 0 saturated carbocycles. The molecule has 0 saturated heterocycles. The van der Waals surface area contributed by atoms with Crippen molar-refractivity contribution in [1.29, 1.82) is 5.26 Å². The SMILES string of the molecule is COc1cccc(/C(C)=N/NC(=O)COc2ccc(C#N)cc2)c1. The van der Waals surface area contributed by atoms with Gasteiger partial charge < -0.3 is 9.47 Å². The summed E-state index contributed by atoms with van der Waals surface area (Å²) in [7, 11) is 1.59. The van der Waals surface area contributed by atoms with Gasteiger partial charge in [0.2, 0.25) is 0 Å². The van der Waals surface area contributed by atoms with E-state index in [1.165, 1.54) is 0 Å². The van der Waals surface area contributed by atoms with E-state index in [1.807, 2.05) is 30.3 Å². The molecule has 0 aliphatic heterocycles. The summed E-state index contributed by atoms with van der Waals surface area (Å²) in [5, 5.41) is 12.8. The predicted octanol–water partition coefficient (Wildman–Crippen LogP) is 2.49. The maximum absolute atomic E-state index is 11.8. The highest BCUT2D eigenvalue weighted by Gasteiger charge is 2.04. The van der Waals surface area contributed by atoms with E-state index in [4.69, 9.17) is 14.7 Å². The van der Waals surface area contributed by atoms with Gasteiger partial charge in [-0.1, -0.05) is 12.1 Å². The number of nitrogens with one attached hydrogen (secondary N) is 1. The van der Waals surface area contributed by atoms with Crippen LogP contribution in [0.3, 0.4) is 0 Å².